The first-order chi connectivity index (χ1) is 9.42. The molecule has 1 aliphatic heterocycles. The molecule has 2 aromatic rings. The third-order valence-electron chi connectivity index (χ3n) is 3.17. The summed E-state index contributed by atoms with van der Waals surface area (Å²) >= 11 is 0. The Morgan fingerprint density at radius 3 is 2.47 bits per heavy atom. The minimum absolute atomic E-state index is 0.847. The summed E-state index contributed by atoms with van der Waals surface area (Å²) in [6.45, 7) is 2.67. The summed E-state index contributed by atoms with van der Waals surface area (Å²) in [5.74, 6) is 1.01. The van der Waals surface area contributed by atoms with Crippen molar-refractivity contribution in [3.8, 4) is 0 Å². The molecule has 2 N–H and O–H groups in total. The molecule has 0 saturated carbocycles. The van der Waals surface area contributed by atoms with E-state index in [1.165, 1.54) is 5.56 Å². The second-order valence-electron chi connectivity index (χ2n) is 4.57. The lowest BCUT2D eigenvalue weighted by Gasteiger charge is -2.08. The standard InChI is InChI=1S/C16H17N3/c1-2-4-13(5-3-1)12-19-15-8-6-14(7-9-15)16-17-10-11-18-16/h1-9,19H,10-12H2,(H,17,18). The normalized spacial score (nSPS) is 13.8. The third kappa shape index (κ3) is 2.94. The van der Waals surface area contributed by atoms with E-state index < -0.39 is 0 Å². The molecule has 0 aliphatic carbocycles. The van der Waals surface area contributed by atoms with Gasteiger partial charge in [0.1, 0.15) is 5.84 Å². The van der Waals surface area contributed by atoms with Gasteiger partial charge in [-0.1, -0.05) is 30.3 Å². The Kier molecular flexibility index (Phi) is 3.45. The van der Waals surface area contributed by atoms with Crippen LogP contribution in [0.3, 0.4) is 0 Å². The van der Waals surface area contributed by atoms with Gasteiger partial charge in [-0.15, -0.1) is 0 Å². The molecule has 19 heavy (non-hydrogen) atoms. The van der Waals surface area contributed by atoms with Crippen molar-refractivity contribution in [2.75, 3.05) is 18.4 Å². The van der Waals surface area contributed by atoms with Crippen molar-refractivity contribution in [3.05, 3.63) is 65.7 Å². The van der Waals surface area contributed by atoms with Gasteiger partial charge >= 0.3 is 0 Å². The van der Waals surface area contributed by atoms with E-state index in [0.29, 0.717) is 0 Å². The Morgan fingerprint density at radius 1 is 1.00 bits per heavy atom. The van der Waals surface area contributed by atoms with E-state index in [1.54, 1.807) is 0 Å². The van der Waals surface area contributed by atoms with Crippen molar-refractivity contribution >= 4 is 11.5 Å². The Bertz CT molecular complexity index is 558. The van der Waals surface area contributed by atoms with Crippen LogP contribution < -0.4 is 10.6 Å². The number of anilines is 1. The molecule has 0 fully saturated rings. The van der Waals surface area contributed by atoms with E-state index in [9.17, 15) is 0 Å². The Morgan fingerprint density at radius 2 is 1.79 bits per heavy atom. The van der Waals surface area contributed by atoms with E-state index in [-0.39, 0.29) is 0 Å². The van der Waals surface area contributed by atoms with Crippen LogP contribution in [0.15, 0.2) is 59.6 Å². The fourth-order valence-electron chi connectivity index (χ4n) is 2.14. The quantitative estimate of drug-likeness (QED) is 0.876. The summed E-state index contributed by atoms with van der Waals surface area (Å²) in [6.07, 6.45) is 0. The molecule has 1 heterocycles. The van der Waals surface area contributed by atoms with Crippen LogP contribution in [0.1, 0.15) is 11.1 Å². The molecule has 0 unspecified atom stereocenters. The van der Waals surface area contributed by atoms with Crippen molar-refractivity contribution in [2.45, 2.75) is 6.54 Å². The van der Waals surface area contributed by atoms with Gasteiger partial charge in [0.05, 0.1) is 6.54 Å². The molecule has 96 valence electrons. The highest BCUT2D eigenvalue weighted by Crippen LogP contribution is 2.12. The molecule has 3 heteroatoms. The number of rotatable bonds is 4. The lowest BCUT2D eigenvalue weighted by atomic mass is 10.1. The van der Waals surface area contributed by atoms with Crippen molar-refractivity contribution in [2.24, 2.45) is 4.99 Å². The van der Waals surface area contributed by atoms with E-state index in [1.807, 2.05) is 6.07 Å². The molecular formula is C16H17N3. The lowest BCUT2D eigenvalue weighted by molar-refractivity contribution is 0.960. The third-order valence-corrected chi connectivity index (χ3v) is 3.17. The number of benzene rings is 2. The average molecular weight is 251 g/mol. The first kappa shape index (κ1) is 11.8. The second-order valence-corrected chi connectivity index (χ2v) is 4.57. The molecule has 0 amide bonds. The highest BCUT2D eigenvalue weighted by molar-refractivity contribution is 5.99. The van der Waals surface area contributed by atoms with Crippen LogP contribution in [0.25, 0.3) is 0 Å². The van der Waals surface area contributed by atoms with Gasteiger partial charge in [-0.3, -0.25) is 4.99 Å². The second kappa shape index (κ2) is 5.57. The summed E-state index contributed by atoms with van der Waals surface area (Å²) < 4.78 is 0. The zero-order chi connectivity index (χ0) is 12.9. The number of nitrogens with zero attached hydrogens (tertiary/aromatic N) is 1. The van der Waals surface area contributed by atoms with Crippen LogP contribution in [0.2, 0.25) is 0 Å². The van der Waals surface area contributed by atoms with Gasteiger partial charge in [0.15, 0.2) is 0 Å². The number of hydrogen-bond acceptors (Lipinski definition) is 3. The first-order valence-corrected chi connectivity index (χ1v) is 6.58. The van der Waals surface area contributed by atoms with E-state index in [2.05, 4.69) is 64.2 Å². The Hall–Kier alpha value is -2.29. The maximum atomic E-state index is 4.41. The van der Waals surface area contributed by atoms with Crippen molar-refractivity contribution in [1.29, 1.82) is 0 Å². The molecule has 0 saturated heterocycles. The van der Waals surface area contributed by atoms with Gasteiger partial charge in [-0.2, -0.15) is 0 Å². The van der Waals surface area contributed by atoms with E-state index in [0.717, 1.165) is 36.7 Å². The van der Waals surface area contributed by atoms with Crippen LogP contribution in [-0.4, -0.2) is 18.9 Å². The SMILES string of the molecule is c1ccc(CNc2ccc(C3=NCCN3)cc2)cc1. The summed E-state index contributed by atoms with van der Waals surface area (Å²) in [5.41, 5.74) is 3.57. The fourth-order valence-corrected chi connectivity index (χ4v) is 2.14. The lowest BCUT2D eigenvalue weighted by Crippen LogP contribution is -2.19. The Balaban J connectivity index is 1.63. The van der Waals surface area contributed by atoms with Crippen LogP contribution in [0.5, 0.6) is 0 Å². The molecule has 0 bridgehead atoms. The van der Waals surface area contributed by atoms with Crippen LogP contribution >= 0.6 is 0 Å². The van der Waals surface area contributed by atoms with E-state index in [4.69, 9.17) is 0 Å². The largest absolute Gasteiger partial charge is 0.381 e. The molecule has 1 aliphatic rings. The number of aliphatic imine (C=N–C) groups is 1. The fraction of sp³-hybridized carbons (Fsp3) is 0.188. The summed E-state index contributed by atoms with van der Waals surface area (Å²) in [5, 5.41) is 6.70. The Labute approximate surface area is 113 Å². The van der Waals surface area contributed by atoms with Gasteiger partial charge in [0.2, 0.25) is 0 Å². The molecule has 2 aromatic carbocycles. The van der Waals surface area contributed by atoms with Crippen molar-refractivity contribution < 1.29 is 0 Å². The molecule has 0 aromatic heterocycles. The van der Waals surface area contributed by atoms with Gasteiger partial charge in [-0.05, 0) is 29.8 Å². The maximum Gasteiger partial charge on any atom is 0.128 e. The van der Waals surface area contributed by atoms with E-state index >= 15 is 0 Å². The highest BCUT2D eigenvalue weighted by atomic mass is 15.1. The monoisotopic (exact) mass is 251 g/mol. The summed E-state index contributed by atoms with van der Waals surface area (Å²) in [4.78, 5) is 4.41. The van der Waals surface area contributed by atoms with Gasteiger partial charge in [0.25, 0.3) is 0 Å². The topological polar surface area (TPSA) is 36.4 Å². The smallest absolute Gasteiger partial charge is 0.128 e. The molecule has 0 spiro atoms. The maximum absolute atomic E-state index is 4.41. The number of nitrogens with one attached hydrogen (secondary N) is 2. The van der Waals surface area contributed by atoms with Crippen LogP contribution in [0.4, 0.5) is 5.69 Å². The predicted molar refractivity (Wildman–Crippen MR) is 79.6 cm³/mol. The summed E-state index contributed by atoms with van der Waals surface area (Å²) in [7, 11) is 0. The predicted octanol–water partition coefficient (Wildman–Crippen LogP) is 2.65. The molecule has 3 nitrogen and oxygen atoms in total. The van der Waals surface area contributed by atoms with Crippen molar-refractivity contribution in [1.82, 2.24) is 5.32 Å². The minimum atomic E-state index is 0.847. The molecule has 0 radical (unpaired) electrons. The molecule has 0 atom stereocenters. The van der Waals surface area contributed by atoms with Crippen LogP contribution in [-0.2, 0) is 6.54 Å². The number of hydrogen-bond donors (Lipinski definition) is 2. The van der Waals surface area contributed by atoms with Gasteiger partial charge in [0, 0.05) is 24.3 Å². The number of amidine groups is 1. The first-order valence-electron chi connectivity index (χ1n) is 6.58. The van der Waals surface area contributed by atoms with Crippen molar-refractivity contribution in [3.63, 3.8) is 0 Å². The minimum Gasteiger partial charge on any atom is -0.381 e. The van der Waals surface area contributed by atoms with Gasteiger partial charge in [-0.25, -0.2) is 0 Å². The summed E-state index contributed by atoms with van der Waals surface area (Å²) in [6, 6.07) is 18.8. The molecular weight excluding hydrogens is 234 g/mol. The average Bonchev–Trinajstić information content (AvgIpc) is 3.01. The zero-order valence-corrected chi connectivity index (χ0v) is 10.8. The highest BCUT2D eigenvalue weighted by Gasteiger charge is 2.06. The zero-order valence-electron chi connectivity index (χ0n) is 10.8. The van der Waals surface area contributed by atoms with Crippen LogP contribution in [0, 0.1) is 0 Å². The molecule has 3 rings (SSSR count). The van der Waals surface area contributed by atoms with Gasteiger partial charge < -0.3 is 10.6 Å².